The van der Waals surface area contributed by atoms with Crippen LogP contribution >= 0.6 is 0 Å². The first kappa shape index (κ1) is 104. The molecule has 4 fully saturated rings. The second-order valence-corrected chi connectivity index (χ2v) is 36.2. The van der Waals surface area contributed by atoms with Crippen molar-refractivity contribution in [1.29, 1.82) is 0 Å². The number of benzene rings is 2. The quantitative estimate of drug-likeness (QED) is 0.00815. The topological polar surface area (TPSA) is 502 Å². The average Bonchev–Trinajstić information content (AvgIpc) is 1.60. The Hall–Kier alpha value is -10.1. The molecule has 135 heavy (non-hydrogen) atoms. The van der Waals surface area contributed by atoms with Crippen molar-refractivity contribution in [3.8, 4) is 22.4 Å². The number of allylic oxidation sites excluding steroid dienone is 6. The number of esters is 1. The number of hydrogen-bond donors (Lipinski definition) is 8. The third-order valence-corrected chi connectivity index (χ3v) is 26.2. The number of aliphatic hydroxyl groups excluding tert-OH is 3. The van der Waals surface area contributed by atoms with Gasteiger partial charge in [0.1, 0.15) is 53.5 Å². The third kappa shape index (κ3) is 29.0. The summed E-state index contributed by atoms with van der Waals surface area (Å²) in [5.41, 5.74) is 26.8. The number of amides is 2. The second kappa shape index (κ2) is 51.3. The fraction of sp³-hybridized carbons (Fsp3) is 0.608. The number of anilines is 3. The molecule has 0 spiro atoms. The molecule has 1 aliphatic carbocycles. The van der Waals surface area contributed by atoms with Crippen LogP contribution in [0.2, 0.25) is 0 Å². The molecule has 5 aromatic heterocycles. The normalized spacial score (nSPS) is 27.0. The zero-order valence-corrected chi connectivity index (χ0v) is 79.0. The van der Waals surface area contributed by atoms with Gasteiger partial charge in [-0.15, -0.1) is 5.10 Å². The van der Waals surface area contributed by atoms with E-state index in [1.807, 2.05) is 86.8 Å². The molecule has 0 radical (unpaired) electrons. The number of aromatic nitrogens is 10. The van der Waals surface area contributed by atoms with Gasteiger partial charge >= 0.3 is 5.97 Å². The van der Waals surface area contributed by atoms with Gasteiger partial charge in [0.25, 0.3) is 17.7 Å². The first-order valence-electron chi connectivity index (χ1n) is 47.4. The number of carbonyl (C=O) groups is 6. The number of Topliss-reactive ketones (excluding diaryl/α,β-unsaturated/α-hetero) is 3. The Balaban J connectivity index is 0.531. The smallest absolute Gasteiger partial charge is 0.329 e. The molecular weight excluding hydrogens is 1740 g/mol. The van der Waals surface area contributed by atoms with E-state index in [0.29, 0.717) is 203 Å². The van der Waals surface area contributed by atoms with E-state index in [1.165, 1.54) is 19.3 Å². The van der Waals surface area contributed by atoms with Crippen LogP contribution in [0.25, 0.3) is 44.5 Å². The SMILES string of the molecule is CO[C@H]1C[C@@H]2CC[C@@H](C)[C@@](O)(O2)C(=O)C(=O)N2CCCC[C@H]2C(=O)OC([C@H](N)C[C@@H]2CC[C@@H](OCc3cccc(-c4cnc(N5CCN(Cc6cn(CCOCCOCCOCCOCCOCCC(=O)NCCCCn7nc(-c8ccc9oc(N)nc9c8)c8c(N)ncnc87)nn6)C(CO)C5)nc4)c3)[C@H](OC)C2)CC(=O)[C@H](C)/C=C(\C)[C@@H](O)[C@@H](O)C(=O)[C@H](C)C[C@H](C)/C=C/C=C/C=C/1C. The van der Waals surface area contributed by atoms with Crippen LogP contribution in [0.3, 0.4) is 0 Å². The van der Waals surface area contributed by atoms with Gasteiger partial charge in [0.2, 0.25) is 17.6 Å². The number of nitrogen functional groups attached to an aromatic ring is 2. The Bertz CT molecular complexity index is 5140. The number of nitrogens with zero attached hydrogens (tertiary/aromatic N) is 13. The molecule has 38 heteroatoms. The standard InChI is InChI=1S/C97H137N17O21/c1-61-17-10-9-11-18-62(2)81(125-7)51-74-25-22-66(6)97(124,135-74)90(121)93(122)113-30-14-12-21-77(113)94(123)133-82(52-78(116)63(3)46-65(5)88(119)89(120)87(118)64(4)45-61)75(98)48-67-23-26-80(83(49-67)126-8)132-59-68-19-16-20-69(47-68)71-53-102-96(103-54-71)111-33-32-110(73(57-111)58-115)55-72-56-112(109-107-72)34-36-128-38-40-130-42-44-131-43-41-129-39-37-127-35-28-84(117)101-29-13-15-31-114-92-85(91(99)104-60-105-92)86(108-114)70-24-27-79-76(50-70)106-95(100)134-79/h9-11,16-20,24,27,46-47,50,53-54,56,60-61,63-64,66-67,73-75,77,80-83,88-89,115,119-120,124H,12-15,21-23,25-26,28-45,48-49,51-52,55,57-59,98H2,1-8H3,(H2,100,106)(H,101,117)(H2,99,104,105)/b11-9+,17-10+,62-18+,65-46+/t61-,63-,64-,66-,67+,73?,74+,75-,77+,80-,81+,82?,83-,88-,89+,97-/m1/s1. The molecule has 2 amide bonds. The number of aryl methyl sites for hydroxylation is 1. The van der Waals surface area contributed by atoms with Crippen LogP contribution in [-0.4, -0.2) is 301 Å². The molecular formula is C97H137N17O21. The lowest BCUT2D eigenvalue weighted by atomic mass is 9.80. The molecule has 2 aromatic carbocycles. The number of oxazole rings is 1. The number of piperazine rings is 1. The van der Waals surface area contributed by atoms with Crippen LogP contribution < -0.4 is 27.4 Å². The Morgan fingerprint density at radius 1 is 0.748 bits per heavy atom. The number of piperidine rings is 1. The monoisotopic (exact) mass is 1880 g/mol. The number of rotatable bonds is 37. The summed E-state index contributed by atoms with van der Waals surface area (Å²) >= 11 is 0. The minimum atomic E-state index is -2.50. The number of carbonyl (C=O) groups excluding carboxylic acids is 6. The molecule has 7 aromatic rings. The van der Waals surface area contributed by atoms with Crippen LogP contribution in [0.5, 0.6) is 0 Å². The van der Waals surface area contributed by atoms with E-state index >= 15 is 0 Å². The summed E-state index contributed by atoms with van der Waals surface area (Å²) < 4.78 is 68.5. The maximum absolute atomic E-state index is 14.8. The zero-order valence-electron chi connectivity index (χ0n) is 79.0. The van der Waals surface area contributed by atoms with Crippen molar-refractivity contribution < 1.29 is 101 Å². The van der Waals surface area contributed by atoms with Gasteiger partial charge in [-0.3, -0.25) is 28.9 Å². The molecule has 16 atom stereocenters. The summed E-state index contributed by atoms with van der Waals surface area (Å²) in [6.45, 7) is 18.2. The van der Waals surface area contributed by atoms with Crippen molar-refractivity contribution in [3.63, 3.8) is 0 Å². The number of hydrogen-bond acceptors (Lipinski definition) is 34. The molecule has 9 heterocycles. The number of nitrogens with two attached hydrogens (primary N) is 3. The first-order valence-corrected chi connectivity index (χ1v) is 47.4. The van der Waals surface area contributed by atoms with Crippen LogP contribution in [0, 0.1) is 29.6 Å². The van der Waals surface area contributed by atoms with Crippen LogP contribution in [0.4, 0.5) is 17.8 Å². The highest BCUT2D eigenvalue weighted by molar-refractivity contribution is 6.39. The lowest BCUT2D eigenvalue weighted by molar-refractivity contribution is -0.265. The minimum Gasteiger partial charge on any atom is -0.459 e. The van der Waals surface area contributed by atoms with E-state index in [4.69, 9.17) is 84.1 Å². The van der Waals surface area contributed by atoms with Crippen LogP contribution in [0.15, 0.2) is 119 Å². The van der Waals surface area contributed by atoms with E-state index in [1.54, 1.807) is 62.8 Å². The summed E-state index contributed by atoms with van der Waals surface area (Å²) in [4.78, 5) is 112. The van der Waals surface area contributed by atoms with Crippen molar-refractivity contribution in [2.45, 2.75) is 231 Å². The molecule has 4 aliphatic heterocycles. The number of fused-ring (bicyclic) bond motifs is 5. The lowest BCUT2D eigenvalue weighted by Crippen LogP contribution is -2.61. The van der Waals surface area contributed by atoms with Gasteiger partial charge in [-0.2, -0.15) is 10.1 Å². The number of methoxy groups -OCH3 is 2. The summed E-state index contributed by atoms with van der Waals surface area (Å²) in [5, 5.41) is 62.6. The van der Waals surface area contributed by atoms with E-state index < -0.39 is 95.4 Å². The molecule has 2 unspecified atom stereocenters. The Labute approximate surface area is 787 Å². The number of nitrogens with one attached hydrogen (secondary N) is 1. The van der Waals surface area contributed by atoms with E-state index in [0.717, 1.165) is 51.3 Å². The first-order chi connectivity index (χ1) is 65.2. The predicted octanol–water partition coefficient (Wildman–Crippen LogP) is 7.36. The summed E-state index contributed by atoms with van der Waals surface area (Å²) in [6, 6.07) is 11.2. The molecule has 5 aliphatic rings. The van der Waals surface area contributed by atoms with Gasteiger partial charge < -0.3 is 105 Å². The summed E-state index contributed by atoms with van der Waals surface area (Å²) in [7, 11) is 3.19. The van der Waals surface area contributed by atoms with Gasteiger partial charge in [0, 0.05) is 133 Å². The fourth-order valence-electron chi connectivity index (χ4n) is 18.2. The molecule has 1 saturated carbocycles. The molecule has 12 rings (SSSR count). The average molecular weight is 1880 g/mol. The molecule has 38 nitrogen and oxygen atoms in total. The summed E-state index contributed by atoms with van der Waals surface area (Å²) in [6.07, 6.45) is 17.3. The largest absolute Gasteiger partial charge is 0.459 e. The third-order valence-electron chi connectivity index (χ3n) is 26.2. The highest BCUT2D eigenvalue weighted by Crippen LogP contribution is 2.40. The molecule has 3 saturated heterocycles. The van der Waals surface area contributed by atoms with Crippen LogP contribution in [0.1, 0.15) is 149 Å². The molecule has 11 N–H and O–H groups in total. The van der Waals surface area contributed by atoms with Crippen molar-refractivity contribution in [2.75, 3.05) is 136 Å². The highest BCUT2D eigenvalue weighted by atomic mass is 16.6. The van der Waals surface area contributed by atoms with Gasteiger partial charge in [0.05, 0.1) is 127 Å². The number of ether oxygens (including phenoxy) is 10. The number of unbranched alkanes of at least 4 members (excludes halogenated alkanes) is 1. The van der Waals surface area contributed by atoms with Crippen molar-refractivity contribution >= 4 is 75.0 Å². The number of cyclic esters (lactones) is 1. The number of aliphatic hydroxyl groups is 4. The lowest BCUT2D eigenvalue weighted by Gasteiger charge is -2.42. The Kier molecular flexibility index (Phi) is 39.5. The second-order valence-electron chi connectivity index (χ2n) is 36.2. The van der Waals surface area contributed by atoms with Crippen molar-refractivity contribution in [2.24, 2.45) is 35.3 Å². The maximum Gasteiger partial charge on any atom is 0.329 e. The predicted molar refractivity (Wildman–Crippen MR) is 501 cm³/mol. The van der Waals surface area contributed by atoms with E-state index in [-0.39, 0.29) is 99.6 Å². The Morgan fingerprint density at radius 2 is 1.50 bits per heavy atom. The van der Waals surface area contributed by atoms with E-state index in [2.05, 4.69) is 40.4 Å². The minimum absolute atomic E-state index is 0.0128. The van der Waals surface area contributed by atoms with E-state index in [9.17, 15) is 49.2 Å². The Morgan fingerprint density at radius 3 is 2.24 bits per heavy atom. The van der Waals surface area contributed by atoms with Gasteiger partial charge in [-0.25, -0.2) is 34.1 Å². The van der Waals surface area contributed by atoms with Crippen molar-refractivity contribution in [3.05, 3.63) is 126 Å². The molecule has 736 valence electrons. The number of ketones is 3. The highest BCUT2D eigenvalue weighted by Gasteiger charge is 2.53. The maximum atomic E-state index is 14.8. The van der Waals surface area contributed by atoms with Crippen molar-refractivity contribution in [1.82, 2.24) is 64.8 Å². The van der Waals surface area contributed by atoms with Gasteiger partial charge in [-0.05, 0) is 149 Å². The fourth-order valence-corrected chi connectivity index (χ4v) is 18.2. The van der Waals surface area contributed by atoms with Gasteiger partial charge in [-0.1, -0.05) is 87.6 Å². The summed E-state index contributed by atoms with van der Waals surface area (Å²) in [5.74, 6) is -8.30. The molecule has 2 bridgehead atoms. The van der Waals surface area contributed by atoms with Gasteiger partial charge in [0.15, 0.2) is 17.0 Å². The zero-order chi connectivity index (χ0) is 96.1. The van der Waals surface area contributed by atoms with Crippen LogP contribution in [-0.2, 0) is 102 Å².